The van der Waals surface area contributed by atoms with Gasteiger partial charge in [-0.1, -0.05) is 0 Å². The largest absolute Gasteiger partial charge is 0.435 e. The lowest BCUT2D eigenvalue weighted by atomic mass is 10.1. The van der Waals surface area contributed by atoms with Crippen LogP contribution in [0.4, 0.5) is 19.0 Å². The van der Waals surface area contributed by atoms with Gasteiger partial charge in [0.2, 0.25) is 0 Å². The molecule has 5 nitrogen and oxygen atoms in total. The molecule has 1 atom stereocenters. The Labute approximate surface area is 112 Å². The highest BCUT2D eigenvalue weighted by molar-refractivity contribution is 5.34. The zero-order valence-corrected chi connectivity index (χ0v) is 10.2. The molecule has 0 saturated heterocycles. The monoisotopic (exact) mass is 284 g/mol. The summed E-state index contributed by atoms with van der Waals surface area (Å²) in [4.78, 5) is 3.82. The van der Waals surface area contributed by atoms with Crippen LogP contribution >= 0.6 is 0 Å². The minimum Gasteiger partial charge on any atom is -0.387 e. The first-order valence-corrected chi connectivity index (χ1v) is 5.69. The van der Waals surface area contributed by atoms with Crippen molar-refractivity contribution in [3.8, 4) is 0 Å². The molecule has 0 aromatic carbocycles. The van der Waals surface area contributed by atoms with Crippen molar-refractivity contribution in [3.63, 3.8) is 0 Å². The molecule has 0 fully saturated rings. The summed E-state index contributed by atoms with van der Waals surface area (Å²) >= 11 is 0. The van der Waals surface area contributed by atoms with Crippen molar-refractivity contribution in [1.29, 1.82) is 0 Å². The van der Waals surface area contributed by atoms with Gasteiger partial charge in [0.1, 0.15) is 5.82 Å². The fourth-order valence-electron chi connectivity index (χ4n) is 1.48. The predicted octanol–water partition coefficient (Wildman–Crippen LogP) is 2.04. The van der Waals surface area contributed by atoms with Gasteiger partial charge in [0.15, 0.2) is 5.69 Å². The number of nitrogens with one attached hydrogen (secondary N) is 1. The van der Waals surface area contributed by atoms with Crippen LogP contribution in [0, 0.1) is 0 Å². The van der Waals surface area contributed by atoms with Crippen molar-refractivity contribution < 1.29 is 18.3 Å². The number of nitrogens with zero attached hydrogens (tertiary/aromatic N) is 3. The lowest BCUT2D eigenvalue weighted by Crippen LogP contribution is -2.15. The van der Waals surface area contributed by atoms with Crippen LogP contribution in [0.25, 0.3) is 0 Å². The van der Waals surface area contributed by atoms with Crippen LogP contribution in [0.3, 0.4) is 0 Å². The lowest BCUT2D eigenvalue weighted by molar-refractivity contribution is -0.141. The SMILES string of the molecule is OC(CNc1ccc(C(F)(F)F)nn1)c1ccncc1. The molecule has 106 valence electrons. The first kappa shape index (κ1) is 14.2. The Balaban J connectivity index is 1.94. The summed E-state index contributed by atoms with van der Waals surface area (Å²) in [6, 6.07) is 5.28. The van der Waals surface area contributed by atoms with E-state index >= 15 is 0 Å². The van der Waals surface area contributed by atoms with Gasteiger partial charge in [-0.25, -0.2) is 0 Å². The third kappa shape index (κ3) is 3.64. The number of anilines is 1. The summed E-state index contributed by atoms with van der Waals surface area (Å²) in [6.07, 6.45) is -2.25. The number of hydrogen-bond donors (Lipinski definition) is 2. The summed E-state index contributed by atoms with van der Waals surface area (Å²) in [5, 5.41) is 19.0. The molecule has 0 aliphatic carbocycles. The van der Waals surface area contributed by atoms with Crippen molar-refractivity contribution in [2.75, 3.05) is 11.9 Å². The molecular weight excluding hydrogens is 273 g/mol. The van der Waals surface area contributed by atoms with E-state index in [-0.39, 0.29) is 12.4 Å². The average Bonchev–Trinajstić information content (AvgIpc) is 2.45. The molecular formula is C12H11F3N4O. The van der Waals surface area contributed by atoms with Gasteiger partial charge in [-0.05, 0) is 29.8 Å². The van der Waals surface area contributed by atoms with Crippen LogP contribution in [0.2, 0.25) is 0 Å². The van der Waals surface area contributed by atoms with Crippen LogP contribution in [0.15, 0.2) is 36.7 Å². The summed E-state index contributed by atoms with van der Waals surface area (Å²) in [5.74, 6) is 0.158. The zero-order chi connectivity index (χ0) is 14.6. The maximum absolute atomic E-state index is 12.3. The van der Waals surface area contributed by atoms with Gasteiger partial charge < -0.3 is 10.4 Å². The summed E-state index contributed by atoms with van der Waals surface area (Å²) < 4.78 is 36.9. The second kappa shape index (κ2) is 5.83. The van der Waals surface area contributed by atoms with Gasteiger partial charge in [-0.15, -0.1) is 10.2 Å². The van der Waals surface area contributed by atoms with Crippen molar-refractivity contribution in [3.05, 3.63) is 47.9 Å². The van der Waals surface area contributed by atoms with Gasteiger partial charge in [0.25, 0.3) is 0 Å². The number of aliphatic hydroxyl groups excluding tert-OH is 1. The third-order valence-corrected chi connectivity index (χ3v) is 2.52. The summed E-state index contributed by atoms with van der Waals surface area (Å²) in [5.41, 5.74) is -0.412. The fraction of sp³-hybridized carbons (Fsp3) is 0.250. The first-order chi connectivity index (χ1) is 9.47. The number of hydrogen-bond acceptors (Lipinski definition) is 5. The number of pyridine rings is 1. The molecule has 2 aromatic rings. The second-order valence-electron chi connectivity index (χ2n) is 3.98. The predicted molar refractivity (Wildman–Crippen MR) is 64.7 cm³/mol. The summed E-state index contributed by atoms with van der Waals surface area (Å²) in [6.45, 7) is 0.101. The highest BCUT2D eigenvalue weighted by Crippen LogP contribution is 2.27. The van der Waals surface area contributed by atoms with Crippen LogP contribution in [0.5, 0.6) is 0 Å². The number of alkyl halides is 3. The maximum Gasteiger partial charge on any atom is 0.435 e. The molecule has 0 bridgehead atoms. The van der Waals surface area contributed by atoms with E-state index in [9.17, 15) is 18.3 Å². The Hall–Kier alpha value is -2.22. The molecule has 2 aromatic heterocycles. The summed E-state index contributed by atoms with van der Waals surface area (Å²) in [7, 11) is 0. The van der Waals surface area contributed by atoms with Gasteiger partial charge in [0.05, 0.1) is 6.10 Å². The smallest absolute Gasteiger partial charge is 0.387 e. The van der Waals surface area contributed by atoms with Crippen molar-refractivity contribution in [2.45, 2.75) is 12.3 Å². The molecule has 2 heterocycles. The lowest BCUT2D eigenvalue weighted by Gasteiger charge is -2.12. The minimum atomic E-state index is -4.51. The van der Waals surface area contributed by atoms with Gasteiger partial charge in [0, 0.05) is 18.9 Å². The molecule has 2 N–H and O–H groups in total. The molecule has 0 radical (unpaired) electrons. The molecule has 2 rings (SSSR count). The van der Waals surface area contributed by atoms with E-state index in [4.69, 9.17) is 0 Å². The third-order valence-electron chi connectivity index (χ3n) is 2.52. The van der Waals surface area contributed by atoms with Crippen molar-refractivity contribution in [1.82, 2.24) is 15.2 Å². The van der Waals surface area contributed by atoms with Crippen molar-refractivity contribution in [2.24, 2.45) is 0 Å². The first-order valence-electron chi connectivity index (χ1n) is 5.69. The number of halogens is 3. The topological polar surface area (TPSA) is 70.9 Å². The second-order valence-corrected chi connectivity index (χ2v) is 3.98. The molecule has 0 saturated carbocycles. The zero-order valence-electron chi connectivity index (χ0n) is 10.2. The van der Waals surface area contributed by atoms with Gasteiger partial charge in [-0.2, -0.15) is 13.2 Å². The van der Waals surface area contributed by atoms with Crippen LogP contribution in [-0.4, -0.2) is 26.8 Å². The molecule has 0 aliphatic rings. The average molecular weight is 284 g/mol. The molecule has 0 spiro atoms. The van der Waals surface area contributed by atoms with E-state index in [1.165, 1.54) is 12.4 Å². The van der Waals surface area contributed by atoms with Crippen LogP contribution < -0.4 is 5.32 Å². The molecule has 8 heteroatoms. The van der Waals surface area contributed by atoms with E-state index in [2.05, 4.69) is 20.5 Å². The van der Waals surface area contributed by atoms with E-state index in [1.807, 2.05) is 0 Å². The molecule has 20 heavy (non-hydrogen) atoms. The maximum atomic E-state index is 12.3. The number of rotatable bonds is 4. The molecule has 0 aliphatic heterocycles. The van der Waals surface area contributed by atoms with E-state index < -0.39 is 18.0 Å². The Morgan fingerprint density at radius 1 is 1.10 bits per heavy atom. The quantitative estimate of drug-likeness (QED) is 0.899. The van der Waals surface area contributed by atoms with E-state index in [0.29, 0.717) is 5.56 Å². The van der Waals surface area contributed by atoms with Gasteiger partial charge in [-0.3, -0.25) is 4.98 Å². The normalized spacial score (nSPS) is 13.0. The number of aliphatic hydroxyl groups is 1. The molecule has 0 amide bonds. The molecule has 1 unspecified atom stereocenters. The Kier molecular flexibility index (Phi) is 4.14. The highest BCUT2D eigenvalue weighted by Gasteiger charge is 2.32. The Morgan fingerprint density at radius 2 is 1.80 bits per heavy atom. The van der Waals surface area contributed by atoms with E-state index in [0.717, 1.165) is 12.1 Å². The minimum absolute atomic E-state index is 0.101. The Morgan fingerprint density at radius 3 is 2.35 bits per heavy atom. The number of aromatic nitrogens is 3. The van der Waals surface area contributed by atoms with Crippen LogP contribution in [0.1, 0.15) is 17.4 Å². The fourth-order valence-corrected chi connectivity index (χ4v) is 1.48. The van der Waals surface area contributed by atoms with E-state index in [1.54, 1.807) is 12.1 Å². The highest BCUT2D eigenvalue weighted by atomic mass is 19.4. The Bertz CT molecular complexity index is 545. The standard InChI is InChI=1S/C12H11F3N4O/c13-12(14,15)10-1-2-11(19-18-10)17-7-9(20)8-3-5-16-6-4-8/h1-6,9,20H,7H2,(H,17,19). The van der Waals surface area contributed by atoms with Gasteiger partial charge >= 0.3 is 6.18 Å². The van der Waals surface area contributed by atoms with Crippen LogP contribution in [-0.2, 0) is 6.18 Å². The van der Waals surface area contributed by atoms with Crippen molar-refractivity contribution >= 4 is 5.82 Å².